The molecule has 4 aliphatic rings. The Labute approximate surface area is 180 Å². The average Bonchev–Trinajstić information content (AvgIpc) is 3.00. The van der Waals surface area contributed by atoms with Gasteiger partial charge in [-0.25, -0.2) is 0 Å². The lowest BCUT2D eigenvalue weighted by Crippen LogP contribution is -2.60. The predicted molar refractivity (Wildman–Crippen MR) is 122 cm³/mol. The summed E-state index contributed by atoms with van der Waals surface area (Å²) in [5.74, 6) is 5.79. The summed E-state index contributed by atoms with van der Waals surface area (Å²) in [5.41, 5.74) is 7.78. The van der Waals surface area contributed by atoms with Crippen molar-refractivity contribution >= 4 is 0 Å². The van der Waals surface area contributed by atoms with Crippen LogP contribution in [0.15, 0.2) is 0 Å². The van der Waals surface area contributed by atoms with E-state index in [1.807, 2.05) is 0 Å². The first-order valence-electron chi connectivity index (χ1n) is 13.1. The van der Waals surface area contributed by atoms with E-state index in [0.29, 0.717) is 22.8 Å². The van der Waals surface area contributed by atoms with E-state index in [1.54, 1.807) is 0 Å². The number of rotatable bonds is 5. The maximum Gasteiger partial charge on any atom is 0.0543 e. The lowest BCUT2D eigenvalue weighted by atomic mass is 9.43. The van der Waals surface area contributed by atoms with Crippen LogP contribution in [0.2, 0.25) is 0 Å². The van der Waals surface area contributed by atoms with Gasteiger partial charge in [0.1, 0.15) is 0 Å². The third-order valence-electron chi connectivity index (χ3n) is 10.9. The molecule has 4 fully saturated rings. The van der Waals surface area contributed by atoms with Crippen LogP contribution in [0.3, 0.4) is 0 Å². The van der Waals surface area contributed by atoms with Crippen molar-refractivity contribution in [1.82, 2.24) is 0 Å². The number of aliphatic hydroxyl groups is 1. The Morgan fingerprint density at radius 1 is 0.862 bits per heavy atom. The average molecular weight is 404 g/mol. The third-order valence-corrected chi connectivity index (χ3v) is 10.9. The van der Waals surface area contributed by atoms with E-state index < -0.39 is 0 Å². The van der Waals surface area contributed by atoms with Gasteiger partial charge in [-0.2, -0.15) is 0 Å². The minimum absolute atomic E-state index is 0.105. The highest BCUT2D eigenvalue weighted by Crippen LogP contribution is 2.68. The Bertz CT molecular complexity index is 575. The van der Waals surface area contributed by atoms with Gasteiger partial charge in [0.15, 0.2) is 0 Å². The molecule has 168 valence electrons. The summed E-state index contributed by atoms with van der Waals surface area (Å²) in [6.07, 6.45) is 14.3. The lowest BCUT2D eigenvalue weighted by molar-refractivity contribution is -0.136. The molecule has 10 atom stereocenters. The Hall–Kier alpha value is -0.0800. The number of fused-ring (bicyclic) bond motifs is 5. The van der Waals surface area contributed by atoms with Gasteiger partial charge in [-0.1, -0.05) is 53.9 Å². The summed E-state index contributed by atoms with van der Waals surface area (Å²) in [5, 5.41) is 10.3. The minimum atomic E-state index is -0.105. The van der Waals surface area contributed by atoms with Gasteiger partial charge in [-0.15, -0.1) is 0 Å². The van der Waals surface area contributed by atoms with E-state index in [1.165, 1.54) is 57.8 Å². The molecule has 2 nitrogen and oxygen atoms in total. The monoisotopic (exact) mass is 403 g/mol. The van der Waals surface area contributed by atoms with Crippen molar-refractivity contribution in [3.05, 3.63) is 0 Å². The highest BCUT2D eigenvalue weighted by atomic mass is 16.3. The molecular weight excluding hydrogens is 354 g/mol. The molecular formula is C27H49NO. The van der Waals surface area contributed by atoms with E-state index in [2.05, 4.69) is 34.6 Å². The summed E-state index contributed by atoms with van der Waals surface area (Å²) in [4.78, 5) is 0. The Balaban J connectivity index is 1.50. The molecule has 4 saturated carbocycles. The van der Waals surface area contributed by atoms with E-state index in [-0.39, 0.29) is 6.10 Å². The zero-order valence-corrected chi connectivity index (χ0v) is 20.0. The number of hydrogen-bond acceptors (Lipinski definition) is 2. The topological polar surface area (TPSA) is 46.2 Å². The molecule has 0 radical (unpaired) electrons. The first-order valence-corrected chi connectivity index (χ1v) is 13.1. The quantitative estimate of drug-likeness (QED) is 0.557. The van der Waals surface area contributed by atoms with Gasteiger partial charge in [0.05, 0.1) is 6.10 Å². The van der Waals surface area contributed by atoms with Gasteiger partial charge in [-0.05, 0) is 104 Å². The van der Waals surface area contributed by atoms with E-state index in [0.717, 1.165) is 48.3 Å². The predicted octanol–water partition coefficient (Wildman–Crippen LogP) is 6.41. The maximum absolute atomic E-state index is 10.3. The second kappa shape index (κ2) is 8.12. The van der Waals surface area contributed by atoms with E-state index in [9.17, 15) is 5.11 Å². The van der Waals surface area contributed by atoms with E-state index >= 15 is 0 Å². The third kappa shape index (κ3) is 3.73. The van der Waals surface area contributed by atoms with Crippen molar-refractivity contribution in [2.45, 2.75) is 117 Å². The Morgan fingerprint density at radius 3 is 2.28 bits per heavy atom. The van der Waals surface area contributed by atoms with Gasteiger partial charge < -0.3 is 10.8 Å². The molecule has 0 spiro atoms. The van der Waals surface area contributed by atoms with Crippen LogP contribution >= 0.6 is 0 Å². The Kier molecular flexibility index (Phi) is 6.19. The van der Waals surface area contributed by atoms with Crippen molar-refractivity contribution < 1.29 is 5.11 Å². The minimum Gasteiger partial charge on any atom is -0.393 e. The van der Waals surface area contributed by atoms with Crippen molar-refractivity contribution in [2.24, 2.45) is 58.0 Å². The molecule has 0 aromatic heterocycles. The van der Waals surface area contributed by atoms with Crippen LogP contribution in [0.25, 0.3) is 0 Å². The highest BCUT2D eigenvalue weighted by Gasteiger charge is 2.61. The van der Waals surface area contributed by atoms with Crippen molar-refractivity contribution in [3.8, 4) is 0 Å². The number of hydrogen-bond donors (Lipinski definition) is 2. The van der Waals surface area contributed by atoms with E-state index in [4.69, 9.17) is 5.73 Å². The van der Waals surface area contributed by atoms with Gasteiger partial charge in [0.2, 0.25) is 0 Å². The number of aliphatic hydroxyl groups excluding tert-OH is 1. The van der Waals surface area contributed by atoms with Crippen LogP contribution in [0.1, 0.15) is 105 Å². The van der Waals surface area contributed by atoms with Crippen LogP contribution in [0.4, 0.5) is 0 Å². The molecule has 4 aliphatic carbocycles. The normalized spacial score (nSPS) is 50.7. The smallest absolute Gasteiger partial charge is 0.0543 e. The fraction of sp³-hybridized carbons (Fsp3) is 1.00. The number of nitrogens with two attached hydrogens (primary N) is 1. The summed E-state index contributed by atoms with van der Waals surface area (Å²) in [6.45, 7) is 12.5. The van der Waals surface area contributed by atoms with Gasteiger partial charge >= 0.3 is 0 Å². The molecule has 29 heavy (non-hydrogen) atoms. The zero-order valence-electron chi connectivity index (χ0n) is 20.0. The molecule has 0 bridgehead atoms. The van der Waals surface area contributed by atoms with Crippen LogP contribution < -0.4 is 5.73 Å². The van der Waals surface area contributed by atoms with Crippen LogP contribution in [-0.4, -0.2) is 17.3 Å². The van der Waals surface area contributed by atoms with Crippen molar-refractivity contribution in [2.75, 3.05) is 0 Å². The standard InChI is InChI=1S/C27H49NO/c1-17(2)7-6-8-18(3)21-9-10-22-20-16-25(28)24-15-19(29)11-13-27(24,5)23(20)12-14-26(21,22)4/h17-25,29H,6-16,28H2,1-5H3/t18-,19+,20+,21-,22+,23+,24-,25+,26-,27-/m1/s1. The second-order valence-electron chi connectivity index (χ2n) is 12.8. The van der Waals surface area contributed by atoms with Crippen molar-refractivity contribution in [1.29, 1.82) is 0 Å². The summed E-state index contributed by atoms with van der Waals surface area (Å²) >= 11 is 0. The van der Waals surface area contributed by atoms with Crippen molar-refractivity contribution in [3.63, 3.8) is 0 Å². The summed E-state index contributed by atoms with van der Waals surface area (Å²) < 4.78 is 0. The van der Waals surface area contributed by atoms with Gasteiger partial charge in [0.25, 0.3) is 0 Å². The molecule has 4 rings (SSSR count). The molecule has 3 N–H and O–H groups in total. The molecule has 0 unspecified atom stereocenters. The lowest BCUT2D eigenvalue weighted by Gasteiger charge is -2.62. The van der Waals surface area contributed by atoms with Gasteiger partial charge in [-0.3, -0.25) is 0 Å². The Morgan fingerprint density at radius 2 is 1.55 bits per heavy atom. The molecule has 0 aromatic carbocycles. The fourth-order valence-electron chi connectivity index (χ4n) is 9.41. The van der Waals surface area contributed by atoms with Crippen LogP contribution in [-0.2, 0) is 0 Å². The SMILES string of the molecule is CC(C)CCC[C@@H](C)[C@H]1CC[C@H]2[C@@H]3C[C@H](N)[C@H]4C[C@@H](O)CC[C@]4(C)[C@H]3CC[C@]12C. The summed E-state index contributed by atoms with van der Waals surface area (Å²) in [6, 6.07) is 0.307. The molecule has 0 heterocycles. The van der Waals surface area contributed by atoms with Crippen LogP contribution in [0, 0.1) is 52.3 Å². The molecule has 2 heteroatoms. The first-order chi connectivity index (χ1) is 13.7. The maximum atomic E-state index is 10.3. The van der Waals surface area contributed by atoms with Crippen LogP contribution in [0.5, 0.6) is 0 Å². The largest absolute Gasteiger partial charge is 0.393 e. The first kappa shape index (κ1) is 22.1. The summed E-state index contributed by atoms with van der Waals surface area (Å²) in [7, 11) is 0. The second-order valence-corrected chi connectivity index (χ2v) is 12.8. The fourth-order valence-corrected chi connectivity index (χ4v) is 9.41. The molecule has 0 amide bonds. The zero-order chi connectivity index (χ0) is 21.0. The highest BCUT2D eigenvalue weighted by molar-refractivity contribution is 5.12. The molecule has 0 saturated heterocycles. The molecule has 0 aliphatic heterocycles. The molecule has 0 aromatic rings. The van der Waals surface area contributed by atoms with Gasteiger partial charge in [0, 0.05) is 6.04 Å².